The summed E-state index contributed by atoms with van der Waals surface area (Å²) in [5.41, 5.74) is -0.0332. The van der Waals surface area contributed by atoms with Crippen molar-refractivity contribution < 1.29 is 35.1 Å². The molecule has 8 nitrogen and oxygen atoms in total. The number of carbonyl (C=O) groups excluding carboxylic acids is 1. The molecule has 4 aliphatic carbocycles. The molecule has 2 unspecified atom stereocenters. The van der Waals surface area contributed by atoms with Gasteiger partial charge in [-0.1, -0.05) is 20.8 Å². The van der Waals surface area contributed by atoms with Gasteiger partial charge in [-0.05, 0) is 105 Å². The molecular weight excluding hydrogens is 462 g/mol. The predicted octanol–water partition coefficient (Wildman–Crippen LogP) is 2.31. The summed E-state index contributed by atoms with van der Waals surface area (Å²) >= 11 is 0. The van der Waals surface area contributed by atoms with Crippen molar-refractivity contribution in [3.63, 3.8) is 0 Å². The number of aliphatic hydroxyl groups excluding tert-OH is 4. The molecule has 206 valence electrons. The number of aliphatic hydroxyl groups is 4. The van der Waals surface area contributed by atoms with Crippen molar-refractivity contribution in [2.24, 2.45) is 46.3 Å². The maximum atomic E-state index is 12.4. The number of hydrogen-bond donors (Lipinski definition) is 6. The quantitative estimate of drug-likeness (QED) is 0.309. The van der Waals surface area contributed by atoms with Crippen molar-refractivity contribution in [1.29, 1.82) is 0 Å². The van der Waals surface area contributed by atoms with E-state index in [2.05, 4.69) is 26.1 Å². The first-order valence-electron chi connectivity index (χ1n) is 14.1. The summed E-state index contributed by atoms with van der Waals surface area (Å²) in [7, 11) is 0. The van der Waals surface area contributed by atoms with Gasteiger partial charge < -0.3 is 30.8 Å². The number of carbonyl (C=O) groups is 2. The molecule has 0 aromatic rings. The Kier molecular flexibility index (Phi) is 7.84. The number of rotatable bonds is 7. The van der Waals surface area contributed by atoms with Crippen molar-refractivity contribution in [3.05, 3.63) is 0 Å². The summed E-state index contributed by atoms with van der Waals surface area (Å²) in [6.07, 6.45) is 4.07. The Balaban J connectivity index is 1.44. The van der Waals surface area contributed by atoms with Gasteiger partial charge in [0.1, 0.15) is 0 Å². The summed E-state index contributed by atoms with van der Waals surface area (Å²) < 4.78 is 0. The molecule has 0 radical (unpaired) electrons. The Morgan fingerprint density at radius 2 is 1.56 bits per heavy atom. The standard InChI is InChI=1S/C28H47NO7/c1-14(5-8-21(32)29-23(15(2)30)26(35)36)17-6-7-18-22-19(10-12-27(17,18)3)28(4)11-9-16(31)13-20(28)24(33)25(22)34/h14-20,22-25,30-31,33-34H,5-13H2,1-4H3,(H,29,32)(H,35,36)/t14-,15?,16-,17-,18+,19+,20+,22+,23?,24-,25-,27-,28-/m1/s1. The number of aliphatic carboxylic acids is 1. The molecule has 6 N–H and O–H groups in total. The number of carboxylic acids is 1. The summed E-state index contributed by atoms with van der Waals surface area (Å²) in [5, 5.41) is 54.2. The van der Waals surface area contributed by atoms with Gasteiger partial charge in [0.25, 0.3) is 0 Å². The van der Waals surface area contributed by atoms with Gasteiger partial charge in [-0.15, -0.1) is 0 Å². The van der Waals surface area contributed by atoms with Crippen molar-refractivity contribution in [2.45, 2.75) is 116 Å². The normalized spacial score (nSPS) is 46.6. The highest BCUT2D eigenvalue weighted by Gasteiger charge is 2.65. The van der Waals surface area contributed by atoms with Gasteiger partial charge in [0, 0.05) is 6.42 Å². The average molecular weight is 510 g/mol. The molecule has 0 aromatic carbocycles. The monoisotopic (exact) mass is 509 g/mol. The summed E-state index contributed by atoms with van der Waals surface area (Å²) in [4.78, 5) is 23.7. The lowest BCUT2D eigenvalue weighted by molar-refractivity contribution is -0.223. The molecule has 0 aliphatic heterocycles. The highest BCUT2D eigenvalue weighted by Crippen LogP contribution is 2.68. The second-order valence-corrected chi connectivity index (χ2v) is 13.2. The van der Waals surface area contributed by atoms with E-state index in [4.69, 9.17) is 0 Å². The molecule has 13 atom stereocenters. The van der Waals surface area contributed by atoms with E-state index in [0.29, 0.717) is 30.6 Å². The summed E-state index contributed by atoms with van der Waals surface area (Å²) in [6.45, 7) is 8.15. The summed E-state index contributed by atoms with van der Waals surface area (Å²) in [6, 6.07) is -1.30. The van der Waals surface area contributed by atoms with E-state index >= 15 is 0 Å². The Morgan fingerprint density at radius 1 is 0.917 bits per heavy atom. The van der Waals surface area contributed by atoms with Crippen molar-refractivity contribution in [2.75, 3.05) is 0 Å². The molecule has 4 aliphatic rings. The fourth-order valence-electron chi connectivity index (χ4n) is 9.41. The first-order valence-corrected chi connectivity index (χ1v) is 14.1. The van der Waals surface area contributed by atoms with Crippen LogP contribution in [0.1, 0.15) is 85.5 Å². The third-order valence-corrected chi connectivity index (χ3v) is 11.4. The predicted molar refractivity (Wildman–Crippen MR) is 134 cm³/mol. The molecule has 0 spiro atoms. The van der Waals surface area contributed by atoms with Crippen LogP contribution in [0.15, 0.2) is 0 Å². The van der Waals surface area contributed by atoms with Crippen LogP contribution in [0.5, 0.6) is 0 Å². The Labute approximate surface area is 214 Å². The third-order valence-electron chi connectivity index (χ3n) is 11.4. The van der Waals surface area contributed by atoms with Gasteiger partial charge in [0.15, 0.2) is 6.04 Å². The zero-order valence-electron chi connectivity index (χ0n) is 22.3. The number of amides is 1. The number of nitrogens with one attached hydrogen (secondary N) is 1. The largest absolute Gasteiger partial charge is 0.480 e. The molecule has 4 rings (SSSR count). The molecule has 0 bridgehead atoms. The van der Waals surface area contributed by atoms with Crippen molar-refractivity contribution in [1.82, 2.24) is 5.32 Å². The van der Waals surface area contributed by atoms with E-state index in [-0.39, 0.29) is 40.9 Å². The smallest absolute Gasteiger partial charge is 0.328 e. The highest BCUT2D eigenvalue weighted by atomic mass is 16.4. The zero-order valence-corrected chi connectivity index (χ0v) is 22.3. The van der Waals surface area contributed by atoms with Crippen LogP contribution in [-0.2, 0) is 9.59 Å². The highest BCUT2D eigenvalue weighted by molar-refractivity contribution is 5.83. The van der Waals surface area contributed by atoms with E-state index in [1.165, 1.54) is 6.92 Å². The molecule has 4 fully saturated rings. The second kappa shape index (κ2) is 10.2. The zero-order chi connectivity index (χ0) is 26.6. The lowest BCUT2D eigenvalue weighted by Gasteiger charge is -2.63. The molecule has 1 amide bonds. The van der Waals surface area contributed by atoms with Crippen molar-refractivity contribution >= 4 is 11.9 Å². The van der Waals surface area contributed by atoms with Gasteiger partial charge in [0.05, 0.1) is 24.4 Å². The maximum absolute atomic E-state index is 12.4. The molecule has 36 heavy (non-hydrogen) atoms. The average Bonchev–Trinajstić information content (AvgIpc) is 3.17. The molecule has 0 aromatic heterocycles. The first-order chi connectivity index (χ1) is 16.8. The molecule has 0 heterocycles. The van der Waals surface area contributed by atoms with Gasteiger partial charge in [-0.25, -0.2) is 4.79 Å². The molecule has 8 heteroatoms. The minimum atomic E-state index is -1.30. The van der Waals surface area contributed by atoms with E-state index in [1.54, 1.807) is 0 Å². The first kappa shape index (κ1) is 27.8. The van der Waals surface area contributed by atoms with Crippen LogP contribution >= 0.6 is 0 Å². The van der Waals surface area contributed by atoms with Gasteiger partial charge in [-0.3, -0.25) is 4.79 Å². The van der Waals surface area contributed by atoms with E-state index in [0.717, 1.165) is 38.5 Å². The van der Waals surface area contributed by atoms with Crippen LogP contribution in [0.3, 0.4) is 0 Å². The van der Waals surface area contributed by atoms with Crippen molar-refractivity contribution in [3.8, 4) is 0 Å². The second-order valence-electron chi connectivity index (χ2n) is 13.2. The Morgan fingerprint density at radius 3 is 2.19 bits per heavy atom. The SMILES string of the molecule is CC(O)C(NC(=O)CC[C@@H](C)[C@H]1CC[C@H]2[C@@H]3[C@@H](O)[C@H](O)[C@@H]4C[C@H](O)CC[C@]4(C)[C@H]3CC[C@]12C)C(=O)O. The molecule has 4 saturated carbocycles. The lowest BCUT2D eigenvalue weighted by Crippen LogP contribution is -2.64. The fourth-order valence-corrected chi connectivity index (χ4v) is 9.41. The minimum absolute atomic E-state index is 0.0261. The van der Waals surface area contributed by atoms with Gasteiger partial charge >= 0.3 is 5.97 Å². The number of carboxylic acid groups (broad SMARTS) is 1. The molecule has 0 saturated heterocycles. The topological polar surface area (TPSA) is 147 Å². The fraction of sp³-hybridized carbons (Fsp3) is 0.929. The van der Waals surface area contributed by atoms with Crippen LogP contribution in [0.2, 0.25) is 0 Å². The third kappa shape index (κ3) is 4.61. The van der Waals surface area contributed by atoms with E-state index in [1.807, 2.05) is 0 Å². The number of hydrogen-bond acceptors (Lipinski definition) is 6. The van der Waals surface area contributed by atoms with Crippen LogP contribution < -0.4 is 5.32 Å². The number of fused-ring (bicyclic) bond motifs is 5. The van der Waals surface area contributed by atoms with Crippen LogP contribution in [0.4, 0.5) is 0 Å². The minimum Gasteiger partial charge on any atom is -0.480 e. The lowest BCUT2D eigenvalue weighted by atomic mass is 9.43. The summed E-state index contributed by atoms with van der Waals surface area (Å²) in [5.74, 6) is -0.292. The van der Waals surface area contributed by atoms with E-state index < -0.39 is 36.4 Å². The van der Waals surface area contributed by atoms with Crippen LogP contribution in [0, 0.1) is 46.3 Å². The van der Waals surface area contributed by atoms with Gasteiger partial charge in [-0.2, -0.15) is 0 Å². The molecular formula is C28H47NO7. The Hall–Kier alpha value is -1.22. The Bertz CT molecular complexity index is 835. The van der Waals surface area contributed by atoms with E-state index in [9.17, 15) is 35.1 Å². The van der Waals surface area contributed by atoms with Crippen LogP contribution in [0.25, 0.3) is 0 Å². The van der Waals surface area contributed by atoms with Crippen LogP contribution in [-0.4, -0.2) is 67.9 Å². The maximum Gasteiger partial charge on any atom is 0.328 e. The van der Waals surface area contributed by atoms with Gasteiger partial charge in [0.2, 0.25) is 5.91 Å².